The van der Waals surface area contributed by atoms with Gasteiger partial charge < -0.3 is 15.9 Å². The number of hydrogen-bond acceptors (Lipinski definition) is 5. The van der Waals surface area contributed by atoms with Crippen LogP contribution >= 0.6 is 0 Å². The van der Waals surface area contributed by atoms with E-state index in [9.17, 15) is 10.2 Å². The molecule has 0 amide bonds. The number of aromatic nitrogens is 2. The van der Waals surface area contributed by atoms with Gasteiger partial charge in [0.25, 0.3) is 0 Å². The van der Waals surface area contributed by atoms with Crippen molar-refractivity contribution in [3.63, 3.8) is 0 Å². The Morgan fingerprint density at radius 3 is 2.54 bits per heavy atom. The van der Waals surface area contributed by atoms with Crippen LogP contribution in [0.1, 0.15) is 22.4 Å². The number of benzene rings is 2. The SMILES string of the molecule is Cn1nc(-c2ccc(CO)cc2)c(O)c1C1=Nc2cc(CN)ccc2C1. The van der Waals surface area contributed by atoms with Crippen LogP contribution in [0, 0.1) is 0 Å². The third-order valence-electron chi connectivity index (χ3n) is 4.70. The van der Waals surface area contributed by atoms with Crippen molar-refractivity contribution in [3.05, 3.63) is 64.8 Å². The molecule has 6 nitrogen and oxygen atoms in total. The molecule has 0 saturated carbocycles. The number of aliphatic hydroxyl groups is 1. The molecule has 1 aromatic heterocycles. The minimum Gasteiger partial charge on any atom is -0.504 e. The van der Waals surface area contributed by atoms with Crippen LogP contribution < -0.4 is 5.73 Å². The van der Waals surface area contributed by atoms with Crippen molar-refractivity contribution in [1.29, 1.82) is 0 Å². The zero-order chi connectivity index (χ0) is 18.3. The third kappa shape index (κ3) is 2.69. The Hall–Kier alpha value is -2.96. The summed E-state index contributed by atoms with van der Waals surface area (Å²) in [6.45, 7) is 0.461. The number of aliphatic hydroxyl groups excluding tert-OH is 1. The fraction of sp³-hybridized carbons (Fsp3) is 0.200. The maximum absolute atomic E-state index is 10.8. The molecule has 3 aromatic rings. The van der Waals surface area contributed by atoms with Gasteiger partial charge in [-0.05, 0) is 22.8 Å². The third-order valence-corrected chi connectivity index (χ3v) is 4.70. The molecule has 0 saturated heterocycles. The van der Waals surface area contributed by atoms with E-state index >= 15 is 0 Å². The number of aryl methyl sites for hydroxylation is 1. The Morgan fingerprint density at radius 2 is 1.85 bits per heavy atom. The zero-order valence-corrected chi connectivity index (χ0v) is 14.5. The van der Waals surface area contributed by atoms with Gasteiger partial charge >= 0.3 is 0 Å². The highest BCUT2D eigenvalue weighted by molar-refractivity contribution is 6.08. The van der Waals surface area contributed by atoms with Crippen molar-refractivity contribution in [1.82, 2.24) is 9.78 Å². The van der Waals surface area contributed by atoms with Crippen LogP contribution in [0.15, 0.2) is 47.5 Å². The van der Waals surface area contributed by atoms with Crippen LogP contribution in [-0.4, -0.2) is 25.7 Å². The standard InChI is InChI=1S/C20H20N4O2/c1-24-19(17-9-15-7-4-13(10-21)8-16(15)22-17)20(26)18(23-24)14-5-2-12(11-25)3-6-14/h2-8,25-26H,9-11,21H2,1H3. The van der Waals surface area contributed by atoms with E-state index in [1.54, 1.807) is 11.7 Å². The Labute approximate surface area is 151 Å². The molecule has 0 unspecified atom stereocenters. The number of hydrogen-bond donors (Lipinski definition) is 3. The van der Waals surface area contributed by atoms with Gasteiger partial charge in [0.1, 0.15) is 11.4 Å². The highest BCUT2D eigenvalue weighted by Gasteiger charge is 2.25. The molecule has 0 bridgehead atoms. The molecule has 1 aliphatic heterocycles. The summed E-state index contributed by atoms with van der Waals surface area (Å²) in [6, 6.07) is 13.4. The first kappa shape index (κ1) is 16.5. The van der Waals surface area contributed by atoms with E-state index in [1.807, 2.05) is 42.5 Å². The molecular formula is C20H20N4O2. The quantitative estimate of drug-likeness (QED) is 0.674. The van der Waals surface area contributed by atoms with Crippen LogP contribution in [0.4, 0.5) is 5.69 Å². The second kappa shape index (κ2) is 6.40. The maximum atomic E-state index is 10.8. The second-order valence-corrected chi connectivity index (χ2v) is 6.43. The molecule has 132 valence electrons. The van der Waals surface area contributed by atoms with E-state index in [2.05, 4.69) is 5.10 Å². The summed E-state index contributed by atoms with van der Waals surface area (Å²) in [5.41, 5.74) is 12.3. The van der Waals surface area contributed by atoms with Crippen molar-refractivity contribution < 1.29 is 10.2 Å². The molecule has 0 spiro atoms. The molecule has 4 rings (SSSR count). The number of aromatic hydroxyl groups is 1. The molecule has 0 aliphatic carbocycles. The fourth-order valence-corrected chi connectivity index (χ4v) is 3.29. The van der Waals surface area contributed by atoms with Gasteiger partial charge in [-0.15, -0.1) is 0 Å². The Kier molecular flexibility index (Phi) is 4.06. The molecular weight excluding hydrogens is 328 g/mol. The lowest BCUT2D eigenvalue weighted by molar-refractivity contribution is 0.282. The lowest BCUT2D eigenvalue weighted by Gasteiger charge is -2.02. The van der Waals surface area contributed by atoms with Gasteiger partial charge in [-0.25, -0.2) is 0 Å². The minimum atomic E-state index is -0.0143. The van der Waals surface area contributed by atoms with E-state index in [1.165, 1.54) is 0 Å². The number of fused-ring (bicyclic) bond motifs is 1. The summed E-state index contributed by atoms with van der Waals surface area (Å²) in [5.74, 6) is 0.120. The first-order valence-corrected chi connectivity index (χ1v) is 8.46. The first-order chi connectivity index (χ1) is 12.6. The van der Waals surface area contributed by atoms with Crippen LogP contribution in [0.25, 0.3) is 11.3 Å². The summed E-state index contributed by atoms with van der Waals surface area (Å²) in [5, 5.41) is 24.5. The average Bonchev–Trinajstić information content (AvgIpc) is 3.20. The largest absolute Gasteiger partial charge is 0.504 e. The van der Waals surface area contributed by atoms with Gasteiger partial charge in [-0.2, -0.15) is 5.10 Å². The normalized spacial score (nSPS) is 13.0. The smallest absolute Gasteiger partial charge is 0.171 e. The molecule has 2 aromatic carbocycles. The van der Waals surface area contributed by atoms with Crippen LogP contribution in [0.5, 0.6) is 5.75 Å². The Balaban J connectivity index is 1.73. The molecule has 0 radical (unpaired) electrons. The van der Waals surface area contributed by atoms with E-state index in [0.717, 1.165) is 33.7 Å². The predicted octanol–water partition coefficient (Wildman–Crippen LogP) is 2.42. The van der Waals surface area contributed by atoms with Crippen molar-refractivity contribution >= 4 is 11.4 Å². The van der Waals surface area contributed by atoms with E-state index in [0.29, 0.717) is 24.4 Å². The van der Waals surface area contributed by atoms with Crippen molar-refractivity contribution in [2.75, 3.05) is 0 Å². The molecule has 0 fully saturated rings. The molecule has 0 atom stereocenters. The van der Waals surface area contributed by atoms with Crippen LogP contribution in [-0.2, 0) is 26.6 Å². The molecule has 1 aliphatic rings. The van der Waals surface area contributed by atoms with Crippen LogP contribution in [0.3, 0.4) is 0 Å². The maximum Gasteiger partial charge on any atom is 0.171 e. The zero-order valence-electron chi connectivity index (χ0n) is 14.5. The van der Waals surface area contributed by atoms with Crippen molar-refractivity contribution in [3.8, 4) is 17.0 Å². The minimum absolute atomic E-state index is 0.0143. The van der Waals surface area contributed by atoms with Crippen molar-refractivity contribution in [2.45, 2.75) is 19.6 Å². The average molecular weight is 348 g/mol. The molecule has 26 heavy (non-hydrogen) atoms. The van der Waals surface area contributed by atoms with Gasteiger partial charge in [0.15, 0.2) is 5.75 Å². The Morgan fingerprint density at radius 1 is 1.12 bits per heavy atom. The molecule has 2 heterocycles. The topological polar surface area (TPSA) is 96.7 Å². The highest BCUT2D eigenvalue weighted by Crippen LogP contribution is 2.36. The summed E-state index contributed by atoms with van der Waals surface area (Å²) in [7, 11) is 1.80. The Bertz CT molecular complexity index is 1000. The summed E-state index contributed by atoms with van der Waals surface area (Å²) < 4.78 is 1.67. The van der Waals surface area contributed by atoms with Gasteiger partial charge in [0, 0.05) is 25.6 Å². The van der Waals surface area contributed by atoms with Gasteiger partial charge in [-0.3, -0.25) is 9.67 Å². The first-order valence-electron chi connectivity index (χ1n) is 8.46. The summed E-state index contributed by atoms with van der Waals surface area (Å²) in [4.78, 5) is 4.69. The summed E-state index contributed by atoms with van der Waals surface area (Å²) >= 11 is 0. The van der Waals surface area contributed by atoms with Gasteiger partial charge in [0.05, 0.1) is 18.0 Å². The van der Waals surface area contributed by atoms with Gasteiger partial charge in [-0.1, -0.05) is 36.4 Å². The number of nitrogens with zero attached hydrogens (tertiary/aromatic N) is 3. The lowest BCUT2D eigenvalue weighted by atomic mass is 10.0. The number of nitrogens with two attached hydrogens (primary N) is 1. The second-order valence-electron chi connectivity index (χ2n) is 6.43. The van der Waals surface area contributed by atoms with Crippen LogP contribution in [0.2, 0.25) is 0 Å². The van der Waals surface area contributed by atoms with Gasteiger partial charge in [0.2, 0.25) is 0 Å². The molecule has 6 heteroatoms. The monoisotopic (exact) mass is 348 g/mol. The number of rotatable bonds is 4. The fourth-order valence-electron chi connectivity index (χ4n) is 3.29. The number of aliphatic imine (C=N–C) groups is 1. The highest BCUT2D eigenvalue weighted by atomic mass is 16.3. The van der Waals surface area contributed by atoms with E-state index in [-0.39, 0.29) is 12.4 Å². The van der Waals surface area contributed by atoms with E-state index < -0.39 is 0 Å². The van der Waals surface area contributed by atoms with E-state index in [4.69, 9.17) is 10.7 Å². The lowest BCUT2D eigenvalue weighted by Crippen LogP contribution is -2.08. The molecule has 4 N–H and O–H groups in total. The summed E-state index contributed by atoms with van der Waals surface area (Å²) in [6.07, 6.45) is 0.649. The van der Waals surface area contributed by atoms with Crippen molar-refractivity contribution in [2.24, 2.45) is 17.8 Å². The predicted molar refractivity (Wildman–Crippen MR) is 100 cm³/mol.